The maximum atomic E-state index is 10.9. The van der Waals surface area contributed by atoms with Gasteiger partial charge in [0.05, 0.1) is 5.60 Å². The maximum Gasteiger partial charge on any atom is 0.0828 e. The molecule has 0 aliphatic carbocycles. The molecule has 1 aromatic carbocycles. The van der Waals surface area contributed by atoms with Crippen LogP contribution in [0.25, 0.3) is 0 Å². The van der Waals surface area contributed by atoms with E-state index in [1.807, 2.05) is 11.8 Å². The monoisotopic (exact) mass is 250 g/mol. The van der Waals surface area contributed by atoms with Gasteiger partial charge in [0.1, 0.15) is 0 Å². The van der Waals surface area contributed by atoms with Crippen LogP contribution in [0, 0.1) is 12.3 Å². The molecule has 1 aliphatic heterocycles. The van der Waals surface area contributed by atoms with E-state index in [2.05, 4.69) is 45.0 Å². The largest absolute Gasteiger partial charge is 0.388 e. The Labute approximate surface area is 109 Å². The van der Waals surface area contributed by atoms with Crippen molar-refractivity contribution >= 4 is 11.8 Å². The molecular formula is C15H22OS. The lowest BCUT2D eigenvalue weighted by atomic mass is 9.70. The molecule has 0 radical (unpaired) electrons. The Hall–Kier alpha value is -0.470. The minimum atomic E-state index is -0.566. The molecule has 0 spiro atoms. The third-order valence-corrected chi connectivity index (χ3v) is 5.23. The van der Waals surface area contributed by atoms with Crippen LogP contribution in [0.3, 0.4) is 0 Å². The zero-order chi connectivity index (χ0) is 12.5. The molecule has 17 heavy (non-hydrogen) atoms. The zero-order valence-electron chi connectivity index (χ0n) is 11.0. The average Bonchev–Trinajstić information content (AvgIpc) is 2.23. The Morgan fingerprint density at radius 2 is 2.12 bits per heavy atom. The third-order valence-electron chi connectivity index (χ3n) is 4.05. The second-order valence-corrected chi connectivity index (χ2v) is 6.99. The summed E-state index contributed by atoms with van der Waals surface area (Å²) in [6, 6.07) is 8.50. The molecule has 2 heteroatoms. The molecule has 1 nitrogen and oxygen atoms in total. The summed E-state index contributed by atoms with van der Waals surface area (Å²) in [5, 5.41) is 10.9. The molecule has 1 heterocycles. The fourth-order valence-corrected chi connectivity index (χ4v) is 4.08. The Bertz CT molecular complexity index is 400. The number of hydrogen-bond acceptors (Lipinski definition) is 2. The van der Waals surface area contributed by atoms with E-state index in [0.717, 1.165) is 18.6 Å². The molecule has 0 saturated carbocycles. The van der Waals surface area contributed by atoms with Crippen molar-refractivity contribution in [1.82, 2.24) is 0 Å². The smallest absolute Gasteiger partial charge is 0.0828 e. The summed E-state index contributed by atoms with van der Waals surface area (Å²) in [6.45, 7) is 6.50. The van der Waals surface area contributed by atoms with E-state index in [0.29, 0.717) is 0 Å². The van der Waals surface area contributed by atoms with E-state index < -0.39 is 5.60 Å². The Kier molecular flexibility index (Phi) is 3.55. The second kappa shape index (κ2) is 4.66. The van der Waals surface area contributed by atoms with E-state index in [9.17, 15) is 5.11 Å². The first-order chi connectivity index (χ1) is 7.93. The van der Waals surface area contributed by atoms with Crippen molar-refractivity contribution in [2.75, 3.05) is 11.5 Å². The van der Waals surface area contributed by atoms with E-state index >= 15 is 0 Å². The van der Waals surface area contributed by atoms with Crippen molar-refractivity contribution < 1.29 is 5.11 Å². The number of aryl methyl sites for hydroxylation is 1. The first-order valence-corrected chi connectivity index (χ1v) is 7.44. The van der Waals surface area contributed by atoms with Gasteiger partial charge in [0.25, 0.3) is 0 Å². The molecule has 1 atom stereocenters. The lowest BCUT2D eigenvalue weighted by Crippen LogP contribution is -2.51. The fourth-order valence-electron chi connectivity index (χ4n) is 2.45. The van der Waals surface area contributed by atoms with Gasteiger partial charge in [-0.25, -0.2) is 0 Å². The fraction of sp³-hybridized carbons (Fsp3) is 0.600. The Morgan fingerprint density at radius 1 is 1.35 bits per heavy atom. The van der Waals surface area contributed by atoms with Crippen molar-refractivity contribution in [3.05, 3.63) is 35.4 Å². The SMILES string of the molecule is Cc1cccc(CC2(O)CSCCC2(C)C)c1. The molecule has 0 aromatic heterocycles. The molecule has 1 fully saturated rings. The molecule has 1 unspecified atom stereocenters. The highest BCUT2D eigenvalue weighted by molar-refractivity contribution is 7.99. The summed E-state index contributed by atoms with van der Waals surface area (Å²) < 4.78 is 0. The highest BCUT2D eigenvalue weighted by atomic mass is 32.2. The van der Waals surface area contributed by atoms with Gasteiger partial charge < -0.3 is 5.11 Å². The van der Waals surface area contributed by atoms with Gasteiger partial charge in [-0.15, -0.1) is 0 Å². The van der Waals surface area contributed by atoms with E-state index in [4.69, 9.17) is 0 Å². The van der Waals surface area contributed by atoms with Crippen LogP contribution in [-0.2, 0) is 6.42 Å². The number of rotatable bonds is 2. The van der Waals surface area contributed by atoms with Crippen LogP contribution in [0.4, 0.5) is 0 Å². The van der Waals surface area contributed by atoms with Crippen LogP contribution in [0.15, 0.2) is 24.3 Å². The van der Waals surface area contributed by atoms with Gasteiger partial charge in [-0.3, -0.25) is 0 Å². The van der Waals surface area contributed by atoms with Crippen molar-refractivity contribution in [1.29, 1.82) is 0 Å². The molecule has 1 aromatic rings. The van der Waals surface area contributed by atoms with Crippen LogP contribution < -0.4 is 0 Å². The van der Waals surface area contributed by atoms with Crippen LogP contribution in [-0.4, -0.2) is 22.2 Å². The number of benzene rings is 1. The van der Waals surface area contributed by atoms with Gasteiger partial charge >= 0.3 is 0 Å². The van der Waals surface area contributed by atoms with Gasteiger partial charge in [0, 0.05) is 12.2 Å². The summed E-state index contributed by atoms with van der Waals surface area (Å²) in [6.07, 6.45) is 1.87. The number of thioether (sulfide) groups is 1. The molecule has 0 bridgehead atoms. The standard InChI is InChI=1S/C15H22OS/c1-12-5-4-6-13(9-12)10-15(16)11-17-8-7-14(15,2)3/h4-6,9,16H,7-8,10-11H2,1-3H3. The van der Waals surface area contributed by atoms with Gasteiger partial charge in [-0.1, -0.05) is 43.7 Å². The predicted molar refractivity (Wildman–Crippen MR) is 75.6 cm³/mol. The normalized spacial score (nSPS) is 28.0. The predicted octanol–water partition coefficient (Wildman–Crippen LogP) is 3.43. The third kappa shape index (κ3) is 2.69. The summed E-state index contributed by atoms with van der Waals surface area (Å²) >= 11 is 1.88. The second-order valence-electron chi connectivity index (χ2n) is 5.88. The topological polar surface area (TPSA) is 20.2 Å². The van der Waals surface area contributed by atoms with Gasteiger partial charge in [-0.05, 0) is 30.1 Å². The van der Waals surface area contributed by atoms with E-state index in [1.54, 1.807) is 0 Å². The lowest BCUT2D eigenvalue weighted by Gasteiger charge is -2.46. The molecule has 94 valence electrons. The van der Waals surface area contributed by atoms with E-state index in [1.165, 1.54) is 16.9 Å². The molecule has 1 aliphatic rings. The highest BCUT2D eigenvalue weighted by Gasteiger charge is 2.45. The van der Waals surface area contributed by atoms with Crippen molar-refractivity contribution in [3.63, 3.8) is 0 Å². The average molecular weight is 250 g/mol. The summed E-state index contributed by atoms with van der Waals surface area (Å²) in [7, 11) is 0. The van der Waals surface area contributed by atoms with E-state index in [-0.39, 0.29) is 5.41 Å². The summed E-state index contributed by atoms with van der Waals surface area (Å²) in [5.41, 5.74) is 1.97. The van der Waals surface area contributed by atoms with Crippen molar-refractivity contribution in [2.45, 2.75) is 39.2 Å². The zero-order valence-corrected chi connectivity index (χ0v) is 11.8. The first-order valence-electron chi connectivity index (χ1n) is 6.29. The molecular weight excluding hydrogens is 228 g/mol. The number of aliphatic hydroxyl groups is 1. The van der Waals surface area contributed by atoms with Gasteiger partial charge in [0.15, 0.2) is 0 Å². The van der Waals surface area contributed by atoms with Crippen LogP contribution in [0.1, 0.15) is 31.4 Å². The van der Waals surface area contributed by atoms with Gasteiger partial charge in [-0.2, -0.15) is 11.8 Å². The quantitative estimate of drug-likeness (QED) is 0.868. The lowest BCUT2D eigenvalue weighted by molar-refractivity contribution is -0.0513. The minimum Gasteiger partial charge on any atom is -0.388 e. The van der Waals surface area contributed by atoms with Crippen LogP contribution in [0.5, 0.6) is 0 Å². The summed E-state index contributed by atoms with van der Waals surface area (Å²) in [4.78, 5) is 0. The molecule has 2 rings (SSSR count). The molecule has 0 amide bonds. The Morgan fingerprint density at radius 3 is 2.76 bits per heavy atom. The molecule has 1 saturated heterocycles. The number of hydrogen-bond donors (Lipinski definition) is 1. The summed E-state index contributed by atoms with van der Waals surface area (Å²) in [5.74, 6) is 2.02. The maximum absolute atomic E-state index is 10.9. The highest BCUT2D eigenvalue weighted by Crippen LogP contribution is 2.44. The van der Waals surface area contributed by atoms with Crippen molar-refractivity contribution in [2.24, 2.45) is 5.41 Å². The van der Waals surface area contributed by atoms with Gasteiger partial charge in [0.2, 0.25) is 0 Å². The first kappa shape index (κ1) is 13.0. The minimum absolute atomic E-state index is 0.0159. The van der Waals surface area contributed by atoms with Crippen LogP contribution >= 0.6 is 11.8 Å². The Balaban J connectivity index is 2.21. The molecule has 1 N–H and O–H groups in total. The van der Waals surface area contributed by atoms with Crippen LogP contribution in [0.2, 0.25) is 0 Å². The van der Waals surface area contributed by atoms with Crippen molar-refractivity contribution in [3.8, 4) is 0 Å².